The fraction of sp³-hybridized carbons (Fsp3) is 0.368. The first-order valence-electron chi connectivity index (χ1n) is 8.76. The lowest BCUT2D eigenvalue weighted by Gasteiger charge is -2.21. The monoisotopic (exact) mass is 414 g/mol. The third-order valence-electron chi connectivity index (χ3n) is 4.22. The van der Waals surface area contributed by atoms with E-state index in [4.69, 9.17) is 9.47 Å². The molecule has 3 rings (SSSR count). The number of benzene rings is 1. The second kappa shape index (κ2) is 8.97. The molecule has 0 bridgehead atoms. The molecule has 0 N–H and O–H groups in total. The number of ether oxygens (including phenoxy) is 3. The molecule has 29 heavy (non-hydrogen) atoms. The number of carbonyl (C=O) groups excluding carboxylic acids is 1. The van der Waals surface area contributed by atoms with Gasteiger partial charge in [-0.15, -0.1) is 13.2 Å². The van der Waals surface area contributed by atoms with Crippen molar-refractivity contribution < 1.29 is 36.6 Å². The Bertz CT molecular complexity index is 802. The first-order valence-corrected chi connectivity index (χ1v) is 8.76. The summed E-state index contributed by atoms with van der Waals surface area (Å²) in [6, 6.07) is 10.6. The second-order valence-electron chi connectivity index (χ2n) is 6.36. The van der Waals surface area contributed by atoms with Gasteiger partial charge >= 0.3 is 12.5 Å². The smallest absolute Gasteiger partial charge is 0.472 e. The van der Waals surface area contributed by atoms with Gasteiger partial charge in [0.2, 0.25) is 5.88 Å². The summed E-state index contributed by atoms with van der Waals surface area (Å²) in [4.78, 5) is 17.3. The van der Waals surface area contributed by atoms with E-state index in [2.05, 4.69) is 9.72 Å². The fourth-order valence-corrected chi connectivity index (χ4v) is 2.93. The van der Waals surface area contributed by atoms with Crippen molar-refractivity contribution in [2.75, 3.05) is 13.2 Å². The number of halogens is 4. The number of rotatable bonds is 6. The van der Waals surface area contributed by atoms with E-state index >= 15 is 0 Å². The average molecular weight is 414 g/mol. The highest BCUT2D eigenvalue weighted by Gasteiger charge is 2.38. The zero-order chi connectivity index (χ0) is 20.9. The van der Waals surface area contributed by atoms with Gasteiger partial charge in [0, 0.05) is 12.5 Å². The fourth-order valence-electron chi connectivity index (χ4n) is 2.93. The number of pyridine rings is 1. The topological polar surface area (TPSA) is 60.9 Å². The molecule has 0 unspecified atom stereocenters. The molecule has 1 fully saturated rings. The summed E-state index contributed by atoms with van der Waals surface area (Å²) in [6.45, 7) is -0.639. The molecule has 0 aliphatic carbocycles. The first-order chi connectivity index (χ1) is 13.8. The van der Waals surface area contributed by atoms with E-state index < -0.39 is 37.0 Å². The quantitative estimate of drug-likeness (QED) is 0.666. The van der Waals surface area contributed by atoms with E-state index in [0.717, 1.165) is 17.8 Å². The number of amides is 1. The Labute approximate surface area is 164 Å². The minimum Gasteiger partial charge on any atom is -0.472 e. The van der Waals surface area contributed by atoms with Crippen LogP contribution >= 0.6 is 0 Å². The lowest BCUT2D eigenvalue weighted by molar-refractivity contribution is -0.274. The van der Waals surface area contributed by atoms with Crippen LogP contribution in [-0.4, -0.2) is 47.7 Å². The van der Waals surface area contributed by atoms with Crippen LogP contribution in [0.5, 0.6) is 11.6 Å². The Morgan fingerprint density at radius 1 is 1.17 bits per heavy atom. The van der Waals surface area contributed by atoms with Crippen LogP contribution in [0.1, 0.15) is 12.0 Å². The molecule has 10 heteroatoms. The Hall–Kier alpha value is -3.04. The highest BCUT2D eigenvalue weighted by atomic mass is 19.4. The summed E-state index contributed by atoms with van der Waals surface area (Å²) < 4.78 is 64.4. The van der Waals surface area contributed by atoms with E-state index in [1.165, 1.54) is 11.0 Å². The molecular weight excluding hydrogens is 396 g/mol. The summed E-state index contributed by atoms with van der Waals surface area (Å²) in [7, 11) is 0. The molecule has 0 saturated carbocycles. The Kier molecular flexibility index (Phi) is 6.40. The molecule has 0 radical (unpaired) electrons. The van der Waals surface area contributed by atoms with Gasteiger partial charge in [0.25, 0.3) is 0 Å². The zero-order valence-electron chi connectivity index (χ0n) is 15.1. The van der Waals surface area contributed by atoms with Crippen LogP contribution in [0, 0.1) is 0 Å². The number of hydrogen-bond acceptors (Lipinski definition) is 5. The van der Waals surface area contributed by atoms with Gasteiger partial charge in [0.05, 0.1) is 18.8 Å². The van der Waals surface area contributed by atoms with Crippen molar-refractivity contribution in [1.82, 2.24) is 9.88 Å². The average Bonchev–Trinajstić information content (AvgIpc) is 3.10. The molecule has 2 aromatic rings. The van der Waals surface area contributed by atoms with Crippen LogP contribution < -0.4 is 9.47 Å². The molecule has 1 aromatic heterocycles. The van der Waals surface area contributed by atoms with E-state index in [1.54, 1.807) is 12.1 Å². The van der Waals surface area contributed by atoms with Gasteiger partial charge in [0.1, 0.15) is 25.1 Å². The molecule has 0 spiro atoms. The molecule has 1 saturated heterocycles. The summed E-state index contributed by atoms with van der Waals surface area (Å²) in [5.41, 5.74) is 0.801. The van der Waals surface area contributed by atoms with Crippen LogP contribution in [0.15, 0.2) is 48.7 Å². The maximum atomic E-state index is 13.4. The summed E-state index contributed by atoms with van der Waals surface area (Å²) in [6.07, 6.45) is -4.97. The molecule has 1 aliphatic rings. The van der Waals surface area contributed by atoms with Crippen molar-refractivity contribution in [3.05, 3.63) is 54.2 Å². The highest BCUT2D eigenvalue weighted by Crippen LogP contribution is 2.26. The third-order valence-corrected chi connectivity index (χ3v) is 4.22. The number of aromatic nitrogens is 1. The Morgan fingerprint density at radius 2 is 1.93 bits per heavy atom. The summed E-state index contributed by atoms with van der Waals surface area (Å²) in [5, 5.41) is 0. The molecular formula is C19H18F4N2O4. The van der Waals surface area contributed by atoms with Crippen molar-refractivity contribution in [3.63, 3.8) is 0 Å². The van der Waals surface area contributed by atoms with Crippen LogP contribution in [0.3, 0.4) is 0 Å². The number of carbonyl (C=O) groups is 1. The van der Waals surface area contributed by atoms with Crippen molar-refractivity contribution in [2.24, 2.45) is 0 Å². The predicted octanol–water partition coefficient (Wildman–Crippen LogP) is 4.11. The maximum Gasteiger partial charge on any atom is 0.573 e. The van der Waals surface area contributed by atoms with Crippen molar-refractivity contribution in [3.8, 4) is 11.6 Å². The highest BCUT2D eigenvalue weighted by molar-refractivity contribution is 5.68. The molecule has 1 aliphatic heterocycles. The number of likely N-dealkylation sites (tertiary alicyclic amines) is 1. The van der Waals surface area contributed by atoms with Gasteiger partial charge in [-0.2, -0.15) is 0 Å². The SMILES string of the molecule is O=C(OCc1ccccc1)N1C[C@@H](Oc2ccc(OC(F)(F)F)cn2)C[C@H]1CF. The molecule has 1 amide bonds. The minimum atomic E-state index is -4.82. The number of hydrogen-bond donors (Lipinski definition) is 0. The summed E-state index contributed by atoms with van der Waals surface area (Å²) >= 11 is 0. The van der Waals surface area contributed by atoms with Gasteiger partial charge in [-0.3, -0.25) is 4.90 Å². The van der Waals surface area contributed by atoms with Gasteiger partial charge < -0.3 is 14.2 Å². The second-order valence-corrected chi connectivity index (χ2v) is 6.36. The minimum absolute atomic E-state index is 0.0432. The van der Waals surface area contributed by atoms with Crippen molar-refractivity contribution >= 4 is 6.09 Å². The van der Waals surface area contributed by atoms with E-state index in [-0.39, 0.29) is 25.5 Å². The van der Waals surface area contributed by atoms with E-state index in [1.807, 2.05) is 18.2 Å². The van der Waals surface area contributed by atoms with Gasteiger partial charge in [-0.05, 0) is 11.6 Å². The first kappa shape index (κ1) is 20.7. The number of nitrogens with zero attached hydrogens (tertiary/aromatic N) is 2. The normalized spacial score (nSPS) is 19.1. The Balaban J connectivity index is 1.55. The zero-order valence-corrected chi connectivity index (χ0v) is 15.1. The largest absolute Gasteiger partial charge is 0.573 e. The van der Waals surface area contributed by atoms with Gasteiger partial charge in [-0.1, -0.05) is 30.3 Å². The van der Waals surface area contributed by atoms with Crippen molar-refractivity contribution in [1.29, 1.82) is 0 Å². The van der Waals surface area contributed by atoms with Crippen LogP contribution in [-0.2, 0) is 11.3 Å². The van der Waals surface area contributed by atoms with Crippen LogP contribution in [0.25, 0.3) is 0 Å². The third kappa shape index (κ3) is 5.97. The number of alkyl halides is 4. The molecule has 6 nitrogen and oxygen atoms in total. The van der Waals surface area contributed by atoms with Crippen LogP contribution in [0.2, 0.25) is 0 Å². The van der Waals surface area contributed by atoms with Crippen molar-refractivity contribution in [2.45, 2.75) is 31.5 Å². The summed E-state index contributed by atoms with van der Waals surface area (Å²) in [5.74, 6) is -0.439. The molecule has 2 heterocycles. The predicted molar refractivity (Wildman–Crippen MR) is 93.0 cm³/mol. The lowest BCUT2D eigenvalue weighted by Crippen LogP contribution is -2.37. The molecule has 1 aromatic carbocycles. The maximum absolute atomic E-state index is 13.4. The van der Waals surface area contributed by atoms with Gasteiger partial charge in [0.15, 0.2) is 0 Å². The standard InChI is InChI=1S/C19H18F4N2O4/c20-9-14-8-16(28-17-7-6-15(10-24-17)29-19(21,22)23)11-25(14)18(26)27-12-13-4-2-1-3-5-13/h1-7,10,14,16H,8-9,11-12H2/t14-,16-/m0/s1. The van der Waals surface area contributed by atoms with Crippen LogP contribution in [0.4, 0.5) is 22.4 Å². The van der Waals surface area contributed by atoms with E-state index in [9.17, 15) is 22.4 Å². The van der Waals surface area contributed by atoms with E-state index in [0.29, 0.717) is 0 Å². The molecule has 156 valence electrons. The van der Waals surface area contributed by atoms with Gasteiger partial charge in [-0.25, -0.2) is 14.2 Å². The lowest BCUT2D eigenvalue weighted by atomic mass is 10.2. The molecule has 2 atom stereocenters. The Morgan fingerprint density at radius 3 is 2.55 bits per heavy atom.